The van der Waals surface area contributed by atoms with Crippen LogP contribution in [0.3, 0.4) is 0 Å². The minimum Gasteiger partial charge on any atom is -0.372 e. The van der Waals surface area contributed by atoms with E-state index < -0.39 is 10.0 Å². The summed E-state index contributed by atoms with van der Waals surface area (Å²) >= 11 is 0. The minimum atomic E-state index is -3.58. The van der Waals surface area contributed by atoms with Crippen molar-refractivity contribution in [2.75, 3.05) is 29.3 Å². The zero-order chi connectivity index (χ0) is 20.3. The number of hydrogen-bond donors (Lipinski definition) is 2. The van der Waals surface area contributed by atoms with Crippen LogP contribution >= 0.6 is 0 Å². The van der Waals surface area contributed by atoms with Gasteiger partial charge in [-0.3, -0.25) is 4.72 Å². The summed E-state index contributed by atoms with van der Waals surface area (Å²) in [5, 5.41) is 3.60. The van der Waals surface area contributed by atoms with Crippen molar-refractivity contribution in [3.63, 3.8) is 0 Å². The zero-order valence-corrected chi connectivity index (χ0v) is 18.0. The first kappa shape index (κ1) is 20.2. The Morgan fingerprint density at radius 3 is 2.52 bits per heavy atom. The van der Waals surface area contributed by atoms with Crippen molar-refractivity contribution in [3.05, 3.63) is 53.6 Å². The first-order valence-corrected chi connectivity index (χ1v) is 12.3. The van der Waals surface area contributed by atoms with Crippen molar-refractivity contribution in [1.29, 1.82) is 0 Å². The lowest BCUT2D eigenvalue weighted by atomic mass is 9.88. The molecule has 0 radical (unpaired) electrons. The van der Waals surface area contributed by atoms with E-state index in [1.807, 2.05) is 24.3 Å². The van der Waals surface area contributed by atoms with Crippen molar-refractivity contribution in [2.24, 2.45) is 0 Å². The summed E-state index contributed by atoms with van der Waals surface area (Å²) in [4.78, 5) is 2.61. The molecule has 5 nitrogen and oxygen atoms in total. The molecule has 0 amide bonds. The van der Waals surface area contributed by atoms with Gasteiger partial charge in [-0.1, -0.05) is 13.0 Å². The number of sulfonamides is 1. The fraction of sp³-hybridized carbons (Fsp3) is 0.478. The van der Waals surface area contributed by atoms with Gasteiger partial charge in [-0.05, 0) is 92.6 Å². The molecule has 1 aliphatic heterocycles. The predicted octanol–water partition coefficient (Wildman–Crippen LogP) is 3.94. The average Bonchev–Trinajstić information content (AvgIpc) is 3.27. The second kappa shape index (κ2) is 8.76. The van der Waals surface area contributed by atoms with Crippen LogP contribution in [0.25, 0.3) is 0 Å². The molecule has 0 bridgehead atoms. The topological polar surface area (TPSA) is 61.4 Å². The lowest BCUT2D eigenvalue weighted by Gasteiger charge is -2.26. The normalized spacial score (nSPS) is 19.2. The molecule has 0 unspecified atom stereocenters. The Morgan fingerprint density at radius 1 is 1.03 bits per heavy atom. The number of fused-ring (bicyclic) bond motifs is 1. The number of aryl methyl sites for hydroxylation is 1. The van der Waals surface area contributed by atoms with Crippen LogP contribution in [0, 0.1) is 0 Å². The molecule has 1 saturated heterocycles. The first-order valence-electron chi connectivity index (χ1n) is 10.8. The van der Waals surface area contributed by atoms with Gasteiger partial charge in [0, 0.05) is 30.5 Å². The predicted molar refractivity (Wildman–Crippen MR) is 119 cm³/mol. The van der Waals surface area contributed by atoms with Crippen LogP contribution < -0.4 is 14.9 Å². The molecule has 6 heteroatoms. The van der Waals surface area contributed by atoms with Gasteiger partial charge in [0.05, 0.1) is 4.90 Å². The number of hydrogen-bond acceptors (Lipinski definition) is 4. The Morgan fingerprint density at radius 2 is 1.79 bits per heavy atom. The van der Waals surface area contributed by atoms with Crippen molar-refractivity contribution >= 4 is 21.4 Å². The molecule has 156 valence electrons. The molecule has 2 aromatic rings. The molecule has 1 fully saturated rings. The molecule has 2 N–H and O–H groups in total. The van der Waals surface area contributed by atoms with Crippen LogP contribution in [0.4, 0.5) is 11.4 Å². The monoisotopic (exact) mass is 413 g/mol. The van der Waals surface area contributed by atoms with E-state index in [4.69, 9.17) is 0 Å². The smallest absolute Gasteiger partial charge is 0.261 e. The fourth-order valence-electron chi connectivity index (χ4n) is 4.37. The van der Waals surface area contributed by atoms with Gasteiger partial charge in [0.2, 0.25) is 0 Å². The molecule has 1 atom stereocenters. The van der Waals surface area contributed by atoms with Gasteiger partial charge >= 0.3 is 0 Å². The maximum Gasteiger partial charge on any atom is 0.261 e. The number of nitrogens with zero attached hydrogens (tertiary/aromatic N) is 1. The summed E-state index contributed by atoms with van der Waals surface area (Å²) in [6.07, 6.45) is 6.64. The largest absolute Gasteiger partial charge is 0.372 e. The lowest BCUT2D eigenvalue weighted by molar-refractivity contribution is 0.459. The highest BCUT2D eigenvalue weighted by Crippen LogP contribution is 2.27. The van der Waals surface area contributed by atoms with E-state index >= 15 is 0 Å². The highest BCUT2D eigenvalue weighted by Gasteiger charge is 2.20. The molecule has 2 aliphatic rings. The highest BCUT2D eigenvalue weighted by molar-refractivity contribution is 7.92. The molecule has 2 aromatic carbocycles. The molecule has 1 aliphatic carbocycles. The van der Waals surface area contributed by atoms with Gasteiger partial charge in [0.25, 0.3) is 10.0 Å². The van der Waals surface area contributed by atoms with Crippen molar-refractivity contribution < 1.29 is 8.42 Å². The number of anilines is 2. The first-order chi connectivity index (χ1) is 14.0. The molecule has 1 heterocycles. The van der Waals surface area contributed by atoms with E-state index in [1.165, 1.54) is 24.0 Å². The molecule has 0 saturated carbocycles. The van der Waals surface area contributed by atoms with Crippen LogP contribution in [0.5, 0.6) is 0 Å². The molecule has 0 spiro atoms. The summed E-state index contributed by atoms with van der Waals surface area (Å²) in [5.41, 5.74) is 4.32. The van der Waals surface area contributed by atoms with E-state index in [0.717, 1.165) is 51.0 Å². The van der Waals surface area contributed by atoms with Crippen LogP contribution in [-0.4, -0.2) is 34.1 Å². The maximum absolute atomic E-state index is 12.8. The summed E-state index contributed by atoms with van der Waals surface area (Å²) in [7, 11) is -3.58. The van der Waals surface area contributed by atoms with Crippen molar-refractivity contribution in [3.8, 4) is 0 Å². The number of benzene rings is 2. The van der Waals surface area contributed by atoms with Gasteiger partial charge in [0.15, 0.2) is 0 Å². The second-order valence-corrected chi connectivity index (χ2v) is 9.85. The quantitative estimate of drug-likeness (QED) is 0.722. The molecule has 29 heavy (non-hydrogen) atoms. The van der Waals surface area contributed by atoms with E-state index in [1.54, 1.807) is 12.1 Å². The summed E-state index contributed by atoms with van der Waals surface area (Å²) in [5.74, 6) is 0. The summed E-state index contributed by atoms with van der Waals surface area (Å²) in [6, 6.07) is 13.7. The number of rotatable bonds is 7. The van der Waals surface area contributed by atoms with E-state index in [9.17, 15) is 8.42 Å². The molecular weight excluding hydrogens is 382 g/mol. The van der Waals surface area contributed by atoms with Gasteiger partial charge in [-0.25, -0.2) is 8.42 Å². The third kappa shape index (κ3) is 4.75. The van der Waals surface area contributed by atoms with Crippen LogP contribution in [-0.2, 0) is 22.9 Å². The average molecular weight is 414 g/mol. The SMILES string of the molecule is CCCN[C@H]1CCc2cc(NS(=O)(=O)c3ccc(N4CCCC4)cc3)ccc2C1. The van der Waals surface area contributed by atoms with E-state index in [-0.39, 0.29) is 0 Å². The fourth-order valence-corrected chi connectivity index (χ4v) is 5.42. The Balaban J connectivity index is 1.44. The third-order valence-corrected chi connectivity index (χ3v) is 7.39. The molecule has 0 aromatic heterocycles. The Hall–Kier alpha value is -2.05. The van der Waals surface area contributed by atoms with Gasteiger partial charge < -0.3 is 10.2 Å². The van der Waals surface area contributed by atoms with Crippen molar-refractivity contribution in [2.45, 2.75) is 56.4 Å². The van der Waals surface area contributed by atoms with Crippen molar-refractivity contribution in [1.82, 2.24) is 5.32 Å². The van der Waals surface area contributed by atoms with Crippen LogP contribution in [0.1, 0.15) is 43.7 Å². The number of nitrogens with one attached hydrogen (secondary N) is 2. The van der Waals surface area contributed by atoms with Gasteiger partial charge in [-0.15, -0.1) is 0 Å². The molecule has 4 rings (SSSR count). The zero-order valence-electron chi connectivity index (χ0n) is 17.2. The maximum atomic E-state index is 12.8. The standard InChI is InChI=1S/C23H31N3O2S/c1-2-13-24-20-7-5-19-17-21(8-6-18(19)16-20)25-29(27,28)23-11-9-22(10-12-23)26-14-3-4-15-26/h6,8-12,17,20,24-25H,2-5,7,13-16H2,1H3/t20-/m0/s1. The highest BCUT2D eigenvalue weighted by atomic mass is 32.2. The van der Waals surface area contributed by atoms with E-state index in [2.05, 4.69) is 27.9 Å². The van der Waals surface area contributed by atoms with Crippen LogP contribution in [0.15, 0.2) is 47.4 Å². The van der Waals surface area contributed by atoms with E-state index in [0.29, 0.717) is 16.6 Å². The summed E-state index contributed by atoms with van der Waals surface area (Å²) < 4.78 is 28.4. The van der Waals surface area contributed by atoms with Gasteiger partial charge in [0.1, 0.15) is 0 Å². The Labute approximate surface area is 174 Å². The second-order valence-electron chi connectivity index (χ2n) is 8.17. The molecular formula is C23H31N3O2S. The van der Waals surface area contributed by atoms with Crippen LogP contribution in [0.2, 0.25) is 0 Å². The Kier molecular flexibility index (Phi) is 6.11. The third-order valence-electron chi connectivity index (χ3n) is 5.99. The Bertz CT molecular complexity index is 935. The van der Waals surface area contributed by atoms with Gasteiger partial charge in [-0.2, -0.15) is 0 Å². The minimum absolute atomic E-state index is 0.307. The lowest BCUT2D eigenvalue weighted by Crippen LogP contribution is -2.35. The summed E-state index contributed by atoms with van der Waals surface area (Å²) in [6.45, 7) is 5.33.